The number of halogens is 1. The first-order chi connectivity index (χ1) is 10.2. The fraction of sp³-hybridized carbons (Fsp3) is 0.0588. The topological polar surface area (TPSA) is 39.2 Å². The number of para-hydroxylation sites is 1. The second-order valence-electron chi connectivity index (χ2n) is 4.53. The predicted molar refractivity (Wildman–Crippen MR) is 83.5 cm³/mol. The summed E-state index contributed by atoms with van der Waals surface area (Å²) >= 11 is 6.22. The number of fused-ring (bicyclic) bond motifs is 1. The van der Waals surface area contributed by atoms with Gasteiger partial charge in [0.25, 0.3) is 0 Å². The van der Waals surface area contributed by atoms with E-state index >= 15 is 0 Å². The Morgan fingerprint density at radius 2 is 1.71 bits per heavy atom. The summed E-state index contributed by atoms with van der Waals surface area (Å²) in [5, 5.41) is 1.02. The van der Waals surface area contributed by atoms with Gasteiger partial charge in [0.15, 0.2) is 0 Å². The summed E-state index contributed by atoms with van der Waals surface area (Å²) in [7, 11) is 1.34. The fourth-order valence-corrected chi connectivity index (χ4v) is 2.64. The maximum Gasteiger partial charge on any atom is 0.341 e. The zero-order valence-corrected chi connectivity index (χ0v) is 12.1. The lowest BCUT2D eigenvalue weighted by atomic mass is 9.96. The van der Waals surface area contributed by atoms with E-state index in [1.807, 2.05) is 54.6 Å². The third kappa shape index (κ3) is 2.36. The molecule has 2 aromatic carbocycles. The molecular formula is C17H12ClNO2. The lowest BCUT2D eigenvalue weighted by molar-refractivity contribution is 0.0601. The summed E-state index contributed by atoms with van der Waals surface area (Å²) in [5.74, 6) is -0.489. The summed E-state index contributed by atoms with van der Waals surface area (Å²) in [6.07, 6.45) is 0. The second kappa shape index (κ2) is 5.54. The Hall–Kier alpha value is -2.39. The van der Waals surface area contributed by atoms with Gasteiger partial charge in [-0.1, -0.05) is 60.1 Å². The Bertz CT molecular complexity index is 816. The molecule has 4 heteroatoms. The fourth-order valence-electron chi connectivity index (χ4n) is 2.38. The molecule has 0 saturated heterocycles. The number of rotatable bonds is 2. The lowest BCUT2D eigenvalue weighted by Crippen LogP contribution is -2.06. The molecule has 0 unspecified atom stereocenters. The van der Waals surface area contributed by atoms with Crippen LogP contribution in [0.4, 0.5) is 0 Å². The molecule has 0 aliphatic carbocycles. The number of carbonyl (C=O) groups is 1. The quantitative estimate of drug-likeness (QED) is 0.522. The minimum absolute atomic E-state index is 0.152. The van der Waals surface area contributed by atoms with Gasteiger partial charge in [0.2, 0.25) is 0 Å². The highest BCUT2D eigenvalue weighted by Gasteiger charge is 2.21. The number of esters is 1. The van der Waals surface area contributed by atoms with Gasteiger partial charge in [-0.2, -0.15) is 0 Å². The molecular weight excluding hydrogens is 286 g/mol. The van der Waals surface area contributed by atoms with Gasteiger partial charge in [-0.15, -0.1) is 0 Å². The average molecular weight is 298 g/mol. The Labute approximate surface area is 127 Å². The van der Waals surface area contributed by atoms with E-state index in [0.717, 1.165) is 22.0 Å². The minimum Gasteiger partial charge on any atom is -0.465 e. The Balaban J connectivity index is 2.45. The number of pyridine rings is 1. The number of ether oxygens (including phenoxy) is 1. The molecule has 3 nitrogen and oxygen atoms in total. The van der Waals surface area contributed by atoms with Crippen molar-refractivity contribution in [2.24, 2.45) is 0 Å². The average Bonchev–Trinajstić information content (AvgIpc) is 2.53. The van der Waals surface area contributed by atoms with Crippen molar-refractivity contribution in [1.82, 2.24) is 4.98 Å². The molecule has 0 spiro atoms. The van der Waals surface area contributed by atoms with Crippen molar-refractivity contribution in [1.29, 1.82) is 0 Å². The van der Waals surface area contributed by atoms with E-state index in [0.29, 0.717) is 5.56 Å². The van der Waals surface area contributed by atoms with Crippen LogP contribution in [0, 0.1) is 0 Å². The number of aromatic nitrogens is 1. The first kappa shape index (κ1) is 13.6. The summed E-state index contributed by atoms with van der Waals surface area (Å²) in [5.41, 5.74) is 2.69. The third-order valence-corrected chi connectivity index (χ3v) is 3.57. The molecule has 3 rings (SSSR count). The smallest absolute Gasteiger partial charge is 0.341 e. The van der Waals surface area contributed by atoms with E-state index in [9.17, 15) is 4.79 Å². The molecule has 1 heterocycles. The zero-order chi connectivity index (χ0) is 14.8. The van der Waals surface area contributed by atoms with Gasteiger partial charge in [0.05, 0.1) is 12.6 Å². The van der Waals surface area contributed by atoms with Crippen molar-refractivity contribution in [2.45, 2.75) is 0 Å². The van der Waals surface area contributed by atoms with E-state index < -0.39 is 5.97 Å². The van der Waals surface area contributed by atoms with E-state index in [1.54, 1.807) is 0 Å². The number of benzene rings is 2. The van der Waals surface area contributed by atoms with Gasteiger partial charge in [-0.3, -0.25) is 0 Å². The first-order valence-electron chi connectivity index (χ1n) is 6.44. The van der Waals surface area contributed by atoms with Crippen LogP contribution in [0.3, 0.4) is 0 Å². The lowest BCUT2D eigenvalue weighted by Gasteiger charge is -2.13. The molecule has 0 aliphatic heterocycles. The van der Waals surface area contributed by atoms with Crippen LogP contribution in [0.5, 0.6) is 0 Å². The Morgan fingerprint density at radius 3 is 2.43 bits per heavy atom. The van der Waals surface area contributed by atoms with E-state index in [2.05, 4.69) is 4.98 Å². The van der Waals surface area contributed by atoms with Crippen LogP contribution in [-0.2, 0) is 4.74 Å². The van der Waals surface area contributed by atoms with Crippen LogP contribution >= 0.6 is 11.6 Å². The standard InChI is InChI=1S/C17H12ClNO2/c1-21-17(20)15-14(11-7-3-2-4-8-11)12-9-5-6-10-13(12)19-16(15)18/h2-10H,1H3. The predicted octanol–water partition coefficient (Wildman–Crippen LogP) is 4.34. The Kier molecular flexibility index (Phi) is 3.59. The largest absolute Gasteiger partial charge is 0.465 e. The van der Waals surface area contributed by atoms with E-state index in [-0.39, 0.29) is 5.15 Å². The van der Waals surface area contributed by atoms with Gasteiger partial charge < -0.3 is 4.74 Å². The van der Waals surface area contributed by atoms with Crippen molar-refractivity contribution in [3.05, 3.63) is 65.3 Å². The van der Waals surface area contributed by atoms with Gasteiger partial charge >= 0.3 is 5.97 Å². The van der Waals surface area contributed by atoms with E-state index in [4.69, 9.17) is 16.3 Å². The zero-order valence-electron chi connectivity index (χ0n) is 11.3. The molecule has 0 atom stereocenters. The van der Waals surface area contributed by atoms with Crippen LogP contribution in [-0.4, -0.2) is 18.1 Å². The van der Waals surface area contributed by atoms with Crippen molar-refractivity contribution in [3.8, 4) is 11.1 Å². The summed E-state index contributed by atoms with van der Waals surface area (Å²) in [6, 6.07) is 17.2. The van der Waals surface area contributed by atoms with Crippen molar-refractivity contribution >= 4 is 28.5 Å². The molecule has 3 aromatic rings. The summed E-state index contributed by atoms with van der Waals surface area (Å²) in [6.45, 7) is 0. The van der Waals surface area contributed by atoms with Crippen LogP contribution in [0.15, 0.2) is 54.6 Å². The van der Waals surface area contributed by atoms with Crippen LogP contribution in [0.25, 0.3) is 22.0 Å². The van der Waals surface area contributed by atoms with Gasteiger partial charge in [0.1, 0.15) is 10.7 Å². The number of hydrogen-bond acceptors (Lipinski definition) is 3. The van der Waals surface area contributed by atoms with Crippen molar-refractivity contribution in [3.63, 3.8) is 0 Å². The molecule has 0 bridgehead atoms. The first-order valence-corrected chi connectivity index (χ1v) is 6.82. The van der Waals surface area contributed by atoms with Gasteiger partial charge in [-0.25, -0.2) is 9.78 Å². The van der Waals surface area contributed by atoms with Gasteiger partial charge in [-0.05, 0) is 11.6 Å². The number of carbonyl (C=O) groups excluding carboxylic acids is 1. The number of hydrogen-bond donors (Lipinski definition) is 0. The van der Waals surface area contributed by atoms with Crippen LogP contribution in [0.1, 0.15) is 10.4 Å². The molecule has 21 heavy (non-hydrogen) atoms. The van der Waals surface area contributed by atoms with Crippen molar-refractivity contribution < 1.29 is 9.53 Å². The molecule has 1 aromatic heterocycles. The maximum atomic E-state index is 12.1. The monoisotopic (exact) mass is 297 g/mol. The van der Waals surface area contributed by atoms with Gasteiger partial charge in [0, 0.05) is 10.9 Å². The molecule has 0 amide bonds. The molecule has 0 saturated carbocycles. The highest BCUT2D eigenvalue weighted by Crippen LogP contribution is 2.35. The molecule has 0 aliphatic rings. The highest BCUT2D eigenvalue weighted by molar-refractivity contribution is 6.34. The maximum absolute atomic E-state index is 12.1. The number of nitrogens with zero attached hydrogens (tertiary/aromatic N) is 1. The minimum atomic E-state index is -0.489. The second-order valence-corrected chi connectivity index (χ2v) is 4.89. The third-order valence-electron chi connectivity index (χ3n) is 3.30. The molecule has 0 fully saturated rings. The van der Waals surface area contributed by atoms with Crippen molar-refractivity contribution in [2.75, 3.05) is 7.11 Å². The van der Waals surface area contributed by atoms with Crippen LogP contribution < -0.4 is 0 Å². The summed E-state index contributed by atoms with van der Waals surface area (Å²) in [4.78, 5) is 16.4. The molecule has 104 valence electrons. The highest BCUT2D eigenvalue weighted by atomic mass is 35.5. The molecule has 0 radical (unpaired) electrons. The SMILES string of the molecule is COC(=O)c1c(Cl)nc2ccccc2c1-c1ccccc1. The van der Waals surface area contributed by atoms with E-state index in [1.165, 1.54) is 7.11 Å². The Morgan fingerprint density at radius 1 is 1.05 bits per heavy atom. The normalized spacial score (nSPS) is 10.6. The molecule has 0 N–H and O–H groups in total. The number of methoxy groups -OCH3 is 1. The van der Waals surface area contributed by atoms with Crippen LogP contribution in [0.2, 0.25) is 5.15 Å². The summed E-state index contributed by atoms with van der Waals surface area (Å²) < 4.78 is 4.86.